The highest BCUT2D eigenvalue weighted by Crippen LogP contribution is 2.32. The quantitative estimate of drug-likeness (QED) is 0.862. The Labute approximate surface area is 121 Å². The molecule has 1 aliphatic rings. The first kappa shape index (κ1) is 14.8. The lowest BCUT2D eigenvalue weighted by Crippen LogP contribution is -2.35. The van der Waals surface area contributed by atoms with Crippen LogP contribution in [0.25, 0.3) is 0 Å². The summed E-state index contributed by atoms with van der Waals surface area (Å²) in [5, 5.41) is 6.71. The molecule has 0 atom stereocenters. The van der Waals surface area contributed by atoms with Gasteiger partial charge < -0.3 is 10.2 Å². The molecule has 1 aromatic rings. The zero-order chi connectivity index (χ0) is 13.7. The van der Waals surface area contributed by atoms with Crippen LogP contribution < -0.4 is 10.2 Å². The molecule has 0 saturated heterocycles. The molecule has 0 amide bonds. The van der Waals surface area contributed by atoms with Gasteiger partial charge in [-0.1, -0.05) is 20.3 Å². The second-order valence-corrected chi connectivity index (χ2v) is 6.43. The Hall–Kier alpha value is -0.610. The minimum absolute atomic E-state index is 0.695. The summed E-state index contributed by atoms with van der Waals surface area (Å²) >= 11 is 1.78. The van der Waals surface area contributed by atoms with Gasteiger partial charge in [-0.25, -0.2) is 4.98 Å². The number of hydrogen-bond acceptors (Lipinski definition) is 4. The molecule has 0 radical (unpaired) electrons. The van der Waals surface area contributed by atoms with Crippen LogP contribution in [-0.4, -0.2) is 24.6 Å². The van der Waals surface area contributed by atoms with Gasteiger partial charge in [-0.15, -0.1) is 11.3 Å². The third-order valence-corrected chi connectivity index (χ3v) is 5.32. The Balaban J connectivity index is 1.88. The lowest BCUT2D eigenvalue weighted by Gasteiger charge is -2.34. The summed E-state index contributed by atoms with van der Waals surface area (Å²) in [6.45, 7) is 6.35. The van der Waals surface area contributed by atoms with Crippen LogP contribution in [0.1, 0.15) is 51.6 Å². The Morgan fingerprint density at radius 3 is 2.68 bits per heavy atom. The number of hydrogen-bond donors (Lipinski definition) is 1. The fourth-order valence-corrected chi connectivity index (χ4v) is 3.75. The summed E-state index contributed by atoms with van der Waals surface area (Å²) < 4.78 is 0. The smallest absolute Gasteiger partial charge is 0.185 e. The molecule has 0 aromatic carbocycles. The van der Waals surface area contributed by atoms with Crippen molar-refractivity contribution in [3.05, 3.63) is 11.1 Å². The van der Waals surface area contributed by atoms with Gasteiger partial charge in [-0.2, -0.15) is 0 Å². The number of rotatable bonds is 6. The number of nitrogens with one attached hydrogen (secondary N) is 1. The van der Waals surface area contributed by atoms with E-state index in [1.807, 2.05) is 0 Å². The fraction of sp³-hybridized carbons (Fsp3) is 0.800. The molecular formula is C15H27N3S. The standard InChI is InChI=1S/C15H27N3S/c1-4-12-6-8-14(9-7-12)18(3)15-17-13(11-19-15)10-16-5-2/h11-12,14,16H,4-10H2,1-3H3. The van der Waals surface area contributed by atoms with Gasteiger partial charge in [-0.05, 0) is 38.1 Å². The maximum absolute atomic E-state index is 4.74. The summed E-state index contributed by atoms with van der Waals surface area (Å²) in [7, 11) is 2.22. The highest BCUT2D eigenvalue weighted by atomic mass is 32.1. The zero-order valence-electron chi connectivity index (χ0n) is 12.5. The van der Waals surface area contributed by atoms with Crippen molar-refractivity contribution in [2.75, 3.05) is 18.5 Å². The van der Waals surface area contributed by atoms with Gasteiger partial charge in [0.2, 0.25) is 0 Å². The van der Waals surface area contributed by atoms with Crippen molar-refractivity contribution < 1.29 is 0 Å². The van der Waals surface area contributed by atoms with Gasteiger partial charge in [0.25, 0.3) is 0 Å². The molecule has 19 heavy (non-hydrogen) atoms. The summed E-state index contributed by atoms with van der Waals surface area (Å²) in [4.78, 5) is 7.15. The van der Waals surface area contributed by atoms with Gasteiger partial charge in [0.05, 0.1) is 5.69 Å². The Morgan fingerprint density at radius 2 is 2.05 bits per heavy atom. The van der Waals surface area contributed by atoms with Gasteiger partial charge in [0, 0.05) is 25.0 Å². The van der Waals surface area contributed by atoms with Crippen molar-refractivity contribution in [1.29, 1.82) is 0 Å². The van der Waals surface area contributed by atoms with E-state index in [1.165, 1.54) is 42.9 Å². The first-order chi connectivity index (χ1) is 9.24. The first-order valence-electron chi connectivity index (χ1n) is 7.62. The van der Waals surface area contributed by atoms with E-state index in [0.717, 1.165) is 19.0 Å². The van der Waals surface area contributed by atoms with Gasteiger partial charge in [0.1, 0.15) is 0 Å². The Bertz CT molecular complexity index is 369. The molecule has 1 heterocycles. The van der Waals surface area contributed by atoms with Crippen LogP contribution >= 0.6 is 11.3 Å². The molecule has 0 bridgehead atoms. The van der Waals surface area contributed by atoms with Gasteiger partial charge in [0.15, 0.2) is 5.13 Å². The molecule has 1 saturated carbocycles. The SMILES string of the molecule is CCNCc1csc(N(C)C2CCC(CC)CC2)n1. The third kappa shape index (κ3) is 3.93. The summed E-state index contributed by atoms with van der Waals surface area (Å²) in [6, 6.07) is 0.695. The zero-order valence-corrected chi connectivity index (χ0v) is 13.3. The molecule has 3 nitrogen and oxygen atoms in total. The molecule has 0 spiro atoms. The van der Waals surface area contributed by atoms with E-state index >= 15 is 0 Å². The predicted molar refractivity (Wildman–Crippen MR) is 83.9 cm³/mol. The average Bonchev–Trinajstić information content (AvgIpc) is 2.93. The van der Waals surface area contributed by atoms with Crippen molar-refractivity contribution in [3.63, 3.8) is 0 Å². The largest absolute Gasteiger partial charge is 0.348 e. The Morgan fingerprint density at radius 1 is 1.32 bits per heavy atom. The number of nitrogens with zero attached hydrogens (tertiary/aromatic N) is 2. The average molecular weight is 281 g/mol. The fourth-order valence-electron chi connectivity index (χ4n) is 2.89. The van der Waals surface area contributed by atoms with Crippen molar-refractivity contribution in [2.45, 2.75) is 58.5 Å². The van der Waals surface area contributed by atoms with Crippen molar-refractivity contribution in [1.82, 2.24) is 10.3 Å². The van der Waals surface area contributed by atoms with Crippen molar-refractivity contribution >= 4 is 16.5 Å². The summed E-state index contributed by atoms with van der Waals surface area (Å²) in [5.74, 6) is 0.963. The monoisotopic (exact) mass is 281 g/mol. The van der Waals surface area contributed by atoms with Crippen LogP contribution in [-0.2, 0) is 6.54 Å². The van der Waals surface area contributed by atoms with Crippen LogP contribution in [0.2, 0.25) is 0 Å². The van der Waals surface area contributed by atoms with E-state index < -0.39 is 0 Å². The molecule has 1 aliphatic carbocycles. The van der Waals surface area contributed by atoms with Crippen molar-refractivity contribution in [3.8, 4) is 0 Å². The van der Waals surface area contributed by atoms with E-state index in [0.29, 0.717) is 6.04 Å². The summed E-state index contributed by atoms with van der Waals surface area (Å²) in [5.41, 5.74) is 1.18. The Kier molecular flexibility index (Phi) is 5.64. The molecule has 0 unspecified atom stereocenters. The second kappa shape index (κ2) is 7.25. The van der Waals surface area contributed by atoms with Gasteiger partial charge in [-0.3, -0.25) is 0 Å². The molecule has 2 rings (SSSR count). The van der Waals surface area contributed by atoms with Crippen LogP contribution in [0.5, 0.6) is 0 Å². The van der Waals surface area contributed by atoms with Crippen LogP contribution in [0.15, 0.2) is 5.38 Å². The third-order valence-electron chi connectivity index (χ3n) is 4.34. The minimum Gasteiger partial charge on any atom is -0.348 e. The molecule has 0 aliphatic heterocycles. The van der Waals surface area contributed by atoms with E-state index in [2.05, 4.69) is 36.5 Å². The lowest BCUT2D eigenvalue weighted by atomic mass is 9.84. The predicted octanol–water partition coefficient (Wildman–Crippen LogP) is 3.66. The topological polar surface area (TPSA) is 28.2 Å². The highest BCUT2D eigenvalue weighted by Gasteiger charge is 2.24. The number of thiazole rings is 1. The van der Waals surface area contributed by atoms with E-state index in [1.54, 1.807) is 11.3 Å². The molecule has 1 fully saturated rings. The van der Waals surface area contributed by atoms with Crippen LogP contribution in [0.4, 0.5) is 5.13 Å². The molecular weight excluding hydrogens is 254 g/mol. The normalized spacial score (nSPS) is 23.5. The number of aromatic nitrogens is 1. The lowest BCUT2D eigenvalue weighted by molar-refractivity contribution is 0.313. The molecule has 1 N–H and O–H groups in total. The maximum atomic E-state index is 4.74. The highest BCUT2D eigenvalue weighted by molar-refractivity contribution is 7.13. The van der Waals surface area contributed by atoms with Gasteiger partial charge >= 0.3 is 0 Å². The molecule has 1 aromatic heterocycles. The van der Waals surface area contributed by atoms with Crippen LogP contribution in [0.3, 0.4) is 0 Å². The van der Waals surface area contributed by atoms with Crippen molar-refractivity contribution in [2.24, 2.45) is 5.92 Å². The van der Waals surface area contributed by atoms with E-state index in [-0.39, 0.29) is 0 Å². The molecule has 108 valence electrons. The van der Waals surface area contributed by atoms with E-state index in [9.17, 15) is 0 Å². The molecule has 4 heteroatoms. The summed E-state index contributed by atoms with van der Waals surface area (Å²) in [6.07, 6.45) is 6.79. The van der Waals surface area contributed by atoms with E-state index in [4.69, 9.17) is 4.98 Å². The first-order valence-corrected chi connectivity index (χ1v) is 8.50. The van der Waals surface area contributed by atoms with Crippen LogP contribution in [0, 0.1) is 5.92 Å². The second-order valence-electron chi connectivity index (χ2n) is 5.60. The maximum Gasteiger partial charge on any atom is 0.185 e. The minimum atomic E-state index is 0.695. The number of anilines is 1.